The topological polar surface area (TPSA) is 6.48 Å². The molecule has 0 bridgehead atoms. The highest BCUT2D eigenvalue weighted by Gasteiger charge is 2.40. The summed E-state index contributed by atoms with van der Waals surface area (Å²) in [6, 6.07) is 73.9. The summed E-state index contributed by atoms with van der Waals surface area (Å²) in [7, 11) is -3.94. The molecule has 10 aromatic carbocycles. The average molecular weight is 855 g/mol. The smallest absolute Gasteiger partial charge is 0.117 e. The summed E-state index contributed by atoms with van der Waals surface area (Å²) in [5, 5.41) is 13.4. The minimum atomic E-state index is -1.97. The molecule has 0 N–H and O–H groups in total. The lowest BCUT2D eigenvalue weighted by atomic mass is 9.83. The molecular weight excluding hydrogens is 805 g/mol. The second kappa shape index (κ2) is 14.3. The highest BCUT2D eigenvalue weighted by Crippen LogP contribution is 2.50. The summed E-state index contributed by atoms with van der Waals surface area (Å²) < 4.78 is 0. The summed E-state index contributed by atoms with van der Waals surface area (Å²) in [5.41, 5.74) is 15.1. The van der Waals surface area contributed by atoms with E-state index in [1.165, 1.54) is 121 Å². The maximum Gasteiger partial charge on any atom is 0.117 e. The van der Waals surface area contributed by atoms with Gasteiger partial charge in [-0.05, 0) is 149 Å². The van der Waals surface area contributed by atoms with Crippen molar-refractivity contribution in [3.05, 3.63) is 205 Å². The van der Waals surface area contributed by atoms with Crippen LogP contribution in [0.2, 0.25) is 26.2 Å². The molecule has 2 aliphatic heterocycles. The van der Waals surface area contributed by atoms with E-state index in [1.54, 1.807) is 0 Å². The van der Waals surface area contributed by atoms with E-state index in [9.17, 15) is 0 Å². The molecule has 2 aliphatic rings. The predicted molar refractivity (Wildman–Crippen MR) is 282 cm³/mol. The molecule has 0 spiro atoms. The maximum absolute atomic E-state index is 2.54. The van der Waals surface area contributed by atoms with Crippen LogP contribution in [0.15, 0.2) is 194 Å². The van der Waals surface area contributed by atoms with Crippen LogP contribution in [-0.2, 0) is 0 Å². The van der Waals surface area contributed by atoms with Gasteiger partial charge in [-0.2, -0.15) is 0 Å². The Hall–Kier alpha value is -6.99. The van der Waals surface area contributed by atoms with Crippen molar-refractivity contribution in [1.29, 1.82) is 0 Å². The van der Waals surface area contributed by atoms with Crippen LogP contribution in [0.25, 0.3) is 54.6 Å². The van der Waals surface area contributed by atoms with E-state index >= 15 is 0 Å². The molecule has 4 heteroatoms. The number of benzene rings is 10. The molecule has 0 aliphatic carbocycles. The Labute approximate surface area is 378 Å². The van der Waals surface area contributed by atoms with Gasteiger partial charge in [0.25, 0.3) is 0 Å². The second-order valence-corrected chi connectivity index (χ2v) is 27.7. The Morgan fingerprint density at radius 1 is 0.328 bits per heavy atom. The molecule has 308 valence electrons. The van der Waals surface area contributed by atoms with Crippen LogP contribution in [0.4, 0.5) is 34.1 Å². The molecule has 0 atom stereocenters. The molecule has 0 aromatic heterocycles. The van der Waals surface area contributed by atoms with E-state index in [-0.39, 0.29) is 0 Å². The third kappa shape index (κ3) is 5.62. The molecule has 2 heterocycles. The SMILES string of the molecule is Cc1ccc(-c2c3cc(N4c5ccccc5[Si](C)(C)c5ccccc54)ccc3c(-c3cccc4ccccc34)c3cc(N4c5ccccc5[Si](C)(C)c5ccccc54)ccc23)cc1C. The number of anilines is 6. The van der Waals surface area contributed by atoms with Gasteiger partial charge in [0.15, 0.2) is 0 Å². The lowest BCUT2D eigenvalue weighted by Gasteiger charge is -2.41. The molecule has 2 nitrogen and oxygen atoms in total. The third-order valence-electron chi connectivity index (χ3n) is 14.7. The first-order valence-corrected chi connectivity index (χ1v) is 28.7. The summed E-state index contributed by atoms with van der Waals surface area (Å²) in [6.07, 6.45) is 0. The van der Waals surface area contributed by atoms with E-state index in [4.69, 9.17) is 0 Å². The lowest BCUT2D eigenvalue weighted by Crippen LogP contribution is -2.58. The highest BCUT2D eigenvalue weighted by atomic mass is 28.3. The fraction of sp³-hybridized carbons (Fsp3) is 0.100. The number of hydrogen-bond acceptors (Lipinski definition) is 2. The van der Waals surface area contributed by atoms with Gasteiger partial charge < -0.3 is 9.80 Å². The van der Waals surface area contributed by atoms with Crippen LogP contribution in [0.1, 0.15) is 11.1 Å². The first kappa shape index (κ1) is 38.7. The number of para-hydroxylation sites is 4. The van der Waals surface area contributed by atoms with Crippen LogP contribution >= 0.6 is 0 Å². The molecule has 12 rings (SSSR count). The number of nitrogens with zero attached hydrogens (tertiary/aromatic N) is 2. The Balaban J connectivity index is 1.21. The Kier molecular flexibility index (Phi) is 8.62. The minimum Gasteiger partial charge on any atom is -0.311 e. The van der Waals surface area contributed by atoms with Crippen molar-refractivity contribution in [2.75, 3.05) is 9.80 Å². The predicted octanol–water partition coefficient (Wildman–Crippen LogP) is 14.3. The van der Waals surface area contributed by atoms with Gasteiger partial charge in [0, 0.05) is 34.1 Å². The van der Waals surface area contributed by atoms with Gasteiger partial charge in [-0.1, -0.05) is 172 Å². The first-order valence-electron chi connectivity index (χ1n) is 22.7. The zero-order chi connectivity index (χ0) is 43.5. The fourth-order valence-electron chi connectivity index (χ4n) is 11.3. The van der Waals surface area contributed by atoms with E-state index in [2.05, 4.69) is 244 Å². The van der Waals surface area contributed by atoms with Crippen molar-refractivity contribution >= 4 is 103 Å². The van der Waals surface area contributed by atoms with Crippen LogP contribution in [0.5, 0.6) is 0 Å². The normalized spacial score (nSPS) is 14.6. The second-order valence-electron chi connectivity index (χ2n) is 19.0. The van der Waals surface area contributed by atoms with Gasteiger partial charge in [0.2, 0.25) is 0 Å². The van der Waals surface area contributed by atoms with Gasteiger partial charge >= 0.3 is 0 Å². The zero-order valence-electron chi connectivity index (χ0n) is 37.4. The fourth-order valence-corrected chi connectivity index (χ4v) is 17.3. The Morgan fingerprint density at radius 3 is 1.28 bits per heavy atom. The van der Waals surface area contributed by atoms with Crippen molar-refractivity contribution in [2.45, 2.75) is 40.0 Å². The number of hydrogen-bond donors (Lipinski definition) is 0. The molecule has 0 amide bonds. The van der Waals surface area contributed by atoms with Gasteiger partial charge in [-0.25, -0.2) is 0 Å². The summed E-state index contributed by atoms with van der Waals surface area (Å²) in [5.74, 6) is 0. The Morgan fingerprint density at radius 2 is 0.766 bits per heavy atom. The lowest BCUT2D eigenvalue weighted by molar-refractivity contribution is 1.29. The van der Waals surface area contributed by atoms with Gasteiger partial charge in [-0.15, -0.1) is 0 Å². The molecule has 0 saturated heterocycles. The number of aryl methyl sites for hydroxylation is 2. The van der Waals surface area contributed by atoms with E-state index < -0.39 is 16.1 Å². The summed E-state index contributed by atoms with van der Waals surface area (Å²) in [6.45, 7) is 14.5. The molecule has 10 aromatic rings. The largest absolute Gasteiger partial charge is 0.311 e. The molecular formula is C60H50N2Si2. The van der Waals surface area contributed by atoms with Crippen LogP contribution in [0.3, 0.4) is 0 Å². The van der Waals surface area contributed by atoms with E-state index in [1.807, 2.05) is 0 Å². The standard InChI is InChI=1S/C60H50N2Si2/c1-39-30-31-42(36-40(39)2)59-47-34-32-44(62-53-24-11-15-28-57(53)64(5,6)58-29-16-12-25-54(58)62)38-50(47)60(46-21-17-19-41-18-7-8-20-45(41)46)48-35-33-43(37-49(48)59)61-51-22-9-13-26-55(51)63(3,4)56-27-14-10-23-52(56)61/h7-38H,1-6H3. The zero-order valence-corrected chi connectivity index (χ0v) is 39.4. The summed E-state index contributed by atoms with van der Waals surface area (Å²) in [4.78, 5) is 5.07. The molecule has 0 radical (unpaired) electrons. The summed E-state index contributed by atoms with van der Waals surface area (Å²) >= 11 is 0. The highest BCUT2D eigenvalue weighted by molar-refractivity contribution is 7.03. The first-order chi connectivity index (χ1) is 31.1. The molecule has 0 fully saturated rings. The van der Waals surface area contributed by atoms with Crippen molar-refractivity contribution < 1.29 is 0 Å². The maximum atomic E-state index is 2.54. The van der Waals surface area contributed by atoms with Crippen molar-refractivity contribution in [3.63, 3.8) is 0 Å². The van der Waals surface area contributed by atoms with Crippen LogP contribution in [0, 0.1) is 13.8 Å². The third-order valence-corrected chi connectivity index (χ3v) is 21.8. The molecule has 64 heavy (non-hydrogen) atoms. The average Bonchev–Trinajstić information content (AvgIpc) is 3.32. The van der Waals surface area contributed by atoms with Crippen molar-refractivity contribution in [2.24, 2.45) is 0 Å². The van der Waals surface area contributed by atoms with Crippen molar-refractivity contribution in [1.82, 2.24) is 0 Å². The van der Waals surface area contributed by atoms with Gasteiger partial charge in [-0.3, -0.25) is 0 Å². The van der Waals surface area contributed by atoms with Crippen LogP contribution in [-0.4, -0.2) is 16.1 Å². The quantitative estimate of drug-likeness (QED) is 0.129. The molecule has 0 saturated carbocycles. The monoisotopic (exact) mass is 854 g/mol. The number of rotatable bonds is 4. The van der Waals surface area contributed by atoms with Gasteiger partial charge in [0.1, 0.15) is 16.1 Å². The minimum absolute atomic E-state index is 1.17. The number of fused-ring (bicyclic) bond motifs is 7. The van der Waals surface area contributed by atoms with Crippen LogP contribution < -0.4 is 30.5 Å². The van der Waals surface area contributed by atoms with E-state index in [0.717, 1.165) is 0 Å². The Bertz CT molecular complexity index is 3460. The molecule has 0 unspecified atom stereocenters. The van der Waals surface area contributed by atoms with Crippen molar-refractivity contribution in [3.8, 4) is 22.3 Å². The van der Waals surface area contributed by atoms with Gasteiger partial charge in [0.05, 0.1) is 0 Å². The van der Waals surface area contributed by atoms with E-state index in [0.29, 0.717) is 0 Å².